The van der Waals surface area contributed by atoms with Gasteiger partial charge in [-0.2, -0.15) is 0 Å². The molecule has 128 valence electrons. The van der Waals surface area contributed by atoms with Crippen molar-refractivity contribution in [3.63, 3.8) is 0 Å². The summed E-state index contributed by atoms with van der Waals surface area (Å²) in [5.41, 5.74) is -0.394. The zero-order valence-corrected chi connectivity index (χ0v) is 14.1. The van der Waals surface area contributed by atoms with Crippen LogP contribution in [0, 0.1) is 5.41 Å². The normalized spacial score (nSPS) is 16.7. The number of carbonyl (C=O) groups excluding carboxylic acids is 1. The van der Waals surface area contributed by atoms with E-state index in [1.165, 1.54) is 0 Å². The van der Waals surface area contributed by atoms with Crippen molar-refractivity contribution in [3.8, 4) is 0 Å². The van der Waals surface area contributed by atoms with Gasteiger partial charge in [-0.15, -0.1) is 11.3 Å². The molecule has 1 saturated heterocycles. The number of rotatable bonds is 6. The Labute approximate surface area is 144 Å². The molecular formula is C17H20N2O4S. The van der Waals surface area contributed by atoms with Gasteiger partial charge in [-0.1, -0.05) is 6.07 Å². The van der Waals surface area contributed by atoms with Crippen molar-refractivity contribution in [1.82, 2.24) is 9.88 Å². The summed E-state index contributed by atoms with van der Waals surface area (Å²) in [5, 5.41) is 14.4. The van der Waals surface area contributed by atoms with E-state index in [4.69, 9.17) is 4.74 Å². The van der Waals surface area contributed by atoms with Crippen LogP contribution in [0.4, 0.5) is 0 Å². The van der Waals surface area contributed by atoms with E-state index < -0.39 is 11.4 Å². The molecule has 3 rings (SSSR count). The lowest BCUT2D eigenvalue weighted by Crippen LogP contribution is -2.46. The lowest BCUT2D eigenvalue weighted by Gasteiger charge is -2.33. The van der Waals surface area contributed by atoms with Crippen LogP contribution in [0.2, 0.25) is 0 Å². The van der Waals surface area contributed by atoms with Crippen molar-refractivity contribution in [3.05, 3.63) is 46.4 Å². The van der Waals surface area contributed by atoms with Crippen LogP contribution >= 0.6 is 11.3 Å². The van der Waals surface area contributed by atoms with Crippen LogP contribution in [0.1, 0.15) is 28.2 Å². The fourth-order valence-electron chi connectivity index (χ4n) is 2.90. The molecule has 1 amide bonds. The fraction of sp³-hybridized carbons (Fsp3) is 0.412. The van der Waals surface area contributed by atoms with Crippen LogP contribution in [-0.2, 0) is 16.1 Å². The molecular weight excluding hydrogens is 328 g/mol. The molecule has 0 bridgehead atoms. The summed E-state index contributed by atoms with van der Waals surface area (Å²) in [6.45, 7) is 1.58. The van der Waals surface area contributed by atoms with Gasteiger partial charge in [0.15, 0.2) is 0 Å². The smallest absolute Gasteiger partial charge is 0.311 e. The number of nitrogens with one attached hydrogen (secondary N) is 1. The quantitative estimate of drug-likeness (QED) is 0.839. The van der Waals surface area contributed by atoms with E-state index in [0.717, 1.165) is 4.88 Å². The van der Waals surface area contributed by atoms with E-state index >= 15 is 0 Å². The molecule has 7 heteroatoms. The summed E-state index contributed by atoms with van der Waals surface area (Å²) in [6.07, 6.45) is 2.69. The Morgan fingerprint density at radius 1 is 1.29 bits per heavy atom. The number of carboxylic acids is 1. The number of ether oxygens (including phenoxy) is 1. The lowest BCUT2D eigenvalue weighted by atomic mass is 9.80. The Kier molecular flexibility index (Phi) is 5.01. The first-order valence-electron chi connectivity index (χ1n) is 7.88. The molecule has 2 aromatic heterocycles. The summed E-state index contributed by atoms with van der Waals surface area (Å²) >= 11 is 1.64. The van der Waals surface area contributed by atoms with Crippen LogP contribution in [0.15, 0.2) is 35.8 Å². The summed E-state index contributed by atoms with van der Waals surface area (Å²) in [5.74, 6) is -1.12. The summed E-state index contributed by atoms with van der Waals surface area (Å²) < 4.78 is 7.13. The van der Waals surface area contributed by atoms with Gasteiger partial charge in [0.25, 0.3) is 5.91 Å². The maximum absolute atomic E-state index is 12.5. The van der Waals surface area contributed by atoms with E-state index in [-0.39, 0.29) is 12.5 Å². The maximum atomic E-state index is 12.5. The first-order chi connectivity index (χ1) is 11.6. The highest BCUT2D eigenvalue weighted by Gasteiger charge is 2.40. The number of carbonyl (C=O) groups is 2. The minimum Gasteiger partial charge on any atom is -0.481 e. The third kappa shape index (κ3) is 3.52. The molecule has 1 aliphatic rings. The van der Waals surface area contributed by atoms with Gasteiger partial charge < -0.3 is 19.7 Å². The van der Waals surface area contributed by atoms with Gasteiger partial charge in [-0.05, 0) is 36.4 Å². The molecule has 0 radical (unpaired) electrons. The highest BCUT2D eigenvalue weighted by Crippen LogP contribution is 2.30. The largest absolute Gasteiger partial charge is 0.481 e. The molecule has 0 spiro atoms. The second-order valence-corrected chi connectivity index (χ2v) is 7.01. The number of aromatic nitrogens is 1. The highest BCUT2D eigenvalue weighted by molar-refractivity contribution is 7.09. The molecule has 6 nitrogen and oxygen atoms in total. The minimum atomic E-state index is -0.931. The van der Waals surface area contributed by atoms with Gasteiger partial charge in [-0.3, -0.25) is 9.59 Å². The van der Waals surface area contributed by atoms with Gasteiger partial charge >= 0.3 is 5.97 Å². The predicted octanol–water partition coefficient (Wildman–Crippen LogP) is 2.21. The van der Waals surface area contributed by atoms with Gasteiger partial charge in [0.1, 0.15) is 5.69 Å². The van der Waals surface area contributed by atoms with E-state index in [1.54, 1.807) is 17.4 Å². The van der Waals surface area contributed by atoms with Crippen molar-refractivity contribution < 1.29 is 19.4 Å². The number of thiophene rings is 1. The first kappa shape index (κ1) is 16.7. The Hall–Kier alpha value is -2.12. The Morgan fingerprint density at radius 2 is 2.08 bits per heavy atom. The van der Waals surface area contributed by atoms with Gasteiger partial charge in [-0.25, -0.2) is 0 Å². The van der Waals surface area contributed by atoms with Crippen molar-refractivity contribution >= 4 is 23.2 Å². The van der Waals surface area contributed by atoms with Crippen LogP contribution in [0.25, 0.3) is 0 Å². The number of hydrogen-bond donors (Lipinski definition) is 2. The van der Waals surface area contributed by atoms with Crippen molar-refractivity contribution in [2.24, 2.45) is 5.41 Å². The van der Waals surface area contributed by atoms with Gasteiger partial charge in [0, 0.05) is 30.8 Å². The van der Waals surface area contributed by atoms with E-state index in [2.05, 4.69) is 5.32 Å². The van der Waals surface area contributed by atoms with Crippen LogP contribution in [0.5, 0.6) is 0 Å². The van der Waals surface area contributed by atoms with E-state index in [1.807, 2.05) is 34.3 Å². The molecule has 0 aromatic carbocycles. The Bertz CT molecular complexity index is 702. The maximum Gasteiger partial charge on any atom is 0.311 e. The minimum absolute atomic E-state index is 0.120. The van der Waals surface area contributed by atoms with Crippen molar-refractivity contribution in [2.45, 2.75) is 19.4 Å². The molecule has 2 N–H and O–H groups in total. The number of nitrogens with zero attached hydrogens (tertiary/aromatic N) is 1. The standard InChI is InChI=1S/C17H20N2O4S/c20-15(18-12-17(16(21)22)5-8-23-9-6-17)14-4-1-7-19(14)11-13-3-2-10-24-13/h1-4,7,10H,5-6,8-9,11-12H2,(H,18,20)(H,21,22). The van der Waals surface area contributed by atoms with Gasteiger partial charge in [0.2, 0.25) is 0 Å². The Morgan fingerprint density at radius 3 is 2.75 bits per heavy atom. The molecule has 1 fully saturated rings. The van der Waals surface area contributed by atoms with Gasteiger partial charge in [0.05, 0.1) is 12.0 Å². The van der Waals surface area contributed by atoms with Crippen LogP contribution < -0.4 is 5.32 Å². The monoisotopic (exact) mass is 348 g/mol. The fourth-order valence-corrected chi connectivity index (χ4v) is 3.60. The lowest BCUT2D eigenvalue weighted by molar-refractivity contribution is -0.154. The first-order valence-corrected chi connectivity index (χ1v) is 8.76. The molecule has 1 aliphatic heterocycles. The molecule has 0 saturated carbocycles. The molecule has 3 heterocycles. The van der Waals surface area contributed by atoms with Crippen molar-refractivity contribution in [1.29, 1.82) is 0 Å². The van der Waals surface area contributed by atoms with E-state index in [0.29, 0.717) is 38.3 Å². The molecule has 0 atom stereocenters. The summed E-state index contributed by atoms with van der Waals surface area (Å²) in [4.78, 5) is 25.3. The zero-order chi connectivity index (χ0) is 17.0. The third-order valence-electron chi connectivity index (χ3n) is 4.46. The average Bonchev–Trinajstić information content (AvgIpc) is 3.26. The number of carboxylic acid groups (broad SMARTS) is 1. The molecule has 2 aromatic rings. The number of aliphatic carboxylic acids is 1. The third-order valence-corrected chi connectivity index (χ3v) is 5.32. The topological polar surface area (TPSA) is 80.6 Å². The average molecular weight is 348 g/mol. The second-order valence-electron chi connectivity index (χ2n) is 5.98. The van der Waals surface area contributed by atoms with E-state index in [9.17, 15) is 14.7 Å². The summed E-state index contributed by atoms with van der Waals surface area (Å²) in [6, 6.07) is 7.57. The molecule has 0 aliphatic carbocycles. The van der Waals surface area contributed by atoms with Crippen molar-refractivity contribution in [2.75, 3.05) is 19.8 Å². The summed E-state index contributed by atoms with van der Waals surface area (Å²) in [7, 11) is 0. The highest BCUT2D eigenvalue weighted by atomic mass is 32.1. The SMILES string of the molecule is O=C(NCC1(C(=O)O)CCOCC1)c1cccn1Cc1cccs1. The number of amides is 1. The molecule has 24 heavy (non-hydrogen) atoms. The molecule has 0 unspecified atom stereocenters. The second kappa shape index (κ2) is 7.19. The predicted molar refractivity (Wildman–Crippen MR) is 90.3 cm³/mol. The van der Waals surface area contributed by atoms with Crippen LogP contribution in [-0.4, -0.2) is 41.3 Å². The zero-order valence-electron chi connectivity index (χ0n) is 13.2. The van der Waals surface area contributed by atoms with Crippen LogP contribution in [0.3, 0.4) is 0 Å². The Balaban J connectivity index is 1.67. The number of hydrogen-bond acceptors (Lipinski definition) is 4.